The van der Waals surface area contributed by atoms with Crippen molar-refractivity contribution in [2.75, 3.05) is 57.8 Å². The zero-order valence-corrected chi connectivity index (χ0v) is 19.7. The molecule has 0 unspecified atom stereocenters. The van der Waals surface area contributed by atoms with Crippen molar-refractivity contribution in [2.24, 2.45) is 4.99 Å². The number of anilines is 1. The lowest BCUT2D eigenvalue weighted by Gasteiger charge is -2.35. The van der Waals surface area contributed by atoms with Gasteiger partial charge in [0.2, 0.25) is 0 Å². The van der Waals surface area contributed by atoms with Gasteiger partial charge in [-0.25, -0.2) is 9.78 Å². The SMILES string of the molecule is CCOC(=O)N1CCN(C(=NC)NCc2ccc(N(CC)CC)nc2)CC1.I. The lowest BCUT2D eigenvalue weighted by atomic mass is 10.2. The third-order valence-electron chi connectivity index (χ3n) is 4.66. The van der Waals surface area contributed by atoms with E-state index in [9.17, 15) is 4.79 Å². The van der Waals surface area contributed by atoms with E-state index in [1.807, 2.05) is 13.1 Å². The monoisotopic (exact) mass is 504 g/mol. The van der Waals surface area contributed by atoms with Gasteiger partial charge in [-0.15, -0.1) is 24.0 Å². The molecule has 2 heterocycles. The molecule has 1 aliphatic heterocycles. The minimum absolute atomic E-state index is 0. The predicted octanol–water partition coefficient (Wildman–Crippen LogP) is 2.40. The van der Waals surface area contributed by atoms with Crippen molar-refractivity contribution < 1.29 is 9.53 Å². The molecule has 9 heteroatoms. The molecule has 1 amide bonds. The van der Waals surface area contributed by atoms with Crippen molar-refractivity contribution in [2.45, 2.75) is 27.3 Å². The highest BCUT2D eigenvalue weighted by molar-refractivity contribution is 14.0. The number of aliphatic imine (C=N–C) groups is 1. The van der Waals surface area contributed by atoms with Crippen LogP contribution in [0.2, 0.25) is 0 Å². The predicted molar refractivity (Wildman–Crippen MR) is 124 cm³/mol. The number of amides is 1. The largest absolute Gasteiger partial charge is 0.450 e. The van der Waals surface area contributed by atoms with Gasteiger partial charge in [-0.2, -0.15) is 0 Å². The summed E-state index contributed by atoms with van der Waals surface area (Å²) in [6, 6.07) is 4.16. The molecular weight excluding hydrogens is 471 g/mol. The van der Waals surface area contributed by atoms with E-state index in [4.69, 9.17) is 4.74 Å². The minimum atomic E-state index is -0.237. The molecule has 0 spiro atoms. The van der Waals surface area contributed by atoms with Crippen LogP contribution >= 0.6 is 24.0 Å². The van der Waals surface area contributed by atoms with Crippen LogP contribution in [0.25, 0.3) is 0 Å². The van der Waals surface area contributed by atoms with E-state index < -0.39 is 0 Å². The summed E-state index contributed by atoms with van der Waals surface area (Å²) in [4.78, 5) is 26.9. The Labute approximate surface area is 185 Å². The van der Waals surface area contributed by atoms with E-state index in [1.165, 1.54) is 0 Å². The van der Waals surface area contributed by atoms with E-state index in [-0.39, 0.29) is 30.1 Å². The topological polar surface area (TPSA) is 73.3 Å². The second kappa shape index (κ2) is 12.6. The zero-order valence-electron chi connectivity index (χ0n) is 17.3. The molecule has 28 heavy (non-hydrogen) atoms. The van der Waals surface area contributed by atoms with Gasteiger partial charge in [-0.1, -0.05) is 6.07 Å². The van der Waals surface area contributed by atoms with Gasteiger partial charge in [-0.3, -0.25) is 4.99 Å². The molecule has 1 N–H and O–H groups in total. The Bertz CT molecular complexity index is 613. The van der Waals surface area contributed by atoms with Crippen LogP contribution in [0.15, 0.2) is 23.3 Å². The number of nitrogens with one attached hydrogen (secondary N) is 1. The van der Waals surface area contributed by atoms with Crippen LogP contribution in [0.1, 0.15) is 26.3 Å². The van der Waals surface area contributed by atoms with Gasteiger partial charge in [-0.05, 0) is 32.4 Å². The Morgan fingerprint density at radius 2 is 1.82 bits per heavy atom. The number of halogens is 1. The number of hydrogen-bond acceptors (Lipinski definition) is 5. The minimum Gasteiger partial charge on any atom is -0.450 e. The number of ether oxygens (including phenoxy) is 1. The van der Waals surface area contributed by atoms with Crippen molar-refractivity contribution in [1.29, 1.82) is 0 Å². The van der Waals surface area contributed by atoms with Gasteiger partial charge in [0.1, 0.15) is 5.82 Å². The van der Waals surface area contributed by atoms with Crippen molar-refractivity contribution >= 4 is 41.8 Å². The Morgan fingerprint density at radius 3 is 2.32 bits per heavy atom. The average molecular weight is 504 g/mol. The molecule has 1 saturated heterocycles. The van der Waals surface area contributed by atoms with Crippen LogP contribution < -0.4 is 10.2 Å². The first-order valence-corrected chi connectivity index (χ1v) is 9.70. The Hall–Kier alpha value is -1.78. The molecule has 2 rings (SSSR count). The van der Waals surface area contributed by atoms with Crippen molar-refractivity contribution in [1.82, 2.24) is 20.1 Å². The average Bonchev–Trinajstić information content (AvgIpc) is 2.71. The molecular formula is C19H33IN6O2. The summed E-state index contributed by atoms with van der Waals surface area (Å²) in [5.74, 6) is 1.84. The maximum atomic E-state index is 11.8. The second-order valence-corrected chi connectivity index (χ2v) is 6.27. The normalized spacial score (nSPS) is 14.4. The molecule has 1 aromatic rings. The fraction of sp³-hybridized carbons (Fsp3) is 0.632. The van der Waals surface area contributed by atoms with E-state index in [0.29, 0.717) is 26.2 Å². The molecule has 1 fully saturated rings. The van der Waals surface area contributed by atoms with Crippen LogP contribution in [-0.2, 0) is 11.3 Å². The summed E-state index contributed by atoms with van der Waals surface area (Å²) >= 11 is 0. The molecule has 1 aromatic heterocycles. The third kappa shape index (κ3) is 6.68. The van der Waals surface area contributed by atoms with Gasteiger partial charge in [0.05, 0.1) is 6.61 Å². The maximum Gasteiger partial charge on any atom is 0.409 e. The van der Waals surface area contributed by atoms with Gasteiger partial charge in [0, 0.05) is 59.1 Å². The van der Waals surface area contributed by atoms with Gasteiger partial charge in [0.15, 0.2) is 5.96 Å². The number of aromatic nitrogens is 1. The first-order chi connectivity index (χ1) is 13.1. The summed E-state index contributed by atoms with van der Waals surface area (Å²) in [6.07, 6.45) is 1.67. The summed E-state index contributed by atoms with van der Waals surface area (Å²) in [7, 11) is 1.78. The van der Waals surface area contributed by atoms with E-state index in [0.717, 1.165) is 43.5 Å². The quantitative estimate of drug-likeness (QED) is 0.365. The summed E-state index contributed by atoms with van der Waals surface area (Å²) < 4.78 is 5.06. The highest BCUT2D eigenvalue weighted by Gasteiger charge is 2.23. The van der Waals surface area contributed by atoms with Crippen LogP contribution in [0.3, 0.4) is 0 Å². The third-order valence-corrected chi connectivity index (χ3v) is 4.66. The summed E-state index contributed by atoms with van der Waals surface area (Å²) in [5, 5.41) is 3.39. The van der Waals surface area contributed by atoms with Crippen LogP contribution in [0.4, 0.5) is 10.6 Å². The fourth-order valence-corrected chi connectivity index (χ4v) is 3.08. The van der Waals surface area contributed by atoms with Crippen LogP contribution in [-0.4, -0.2) is 79.8 Å². The number of carbonyl (C=O) groups is 1. The number of piperazine rings is 1. The summed E-state index contributed by atoms with van der Waals surface area (Å²) in [5.41, 5.74) is 1.11. The highest BCUT2D eigenvalue weighted by Crippen LogP contribution is 2.11. The molecule has 8 nitrogen and oxygen atoms in total. The van der Waals surface area contributed by atoms with Crippen molar-refractivity contribution in [3.05, 3.63) is 23.9 Å². The van der Waals surface area contributed by atoms with Gasteiger partial charge in [0.25, 0.3) is 0 Å². The number of rotatable bonds is 6. The van der Waals surface area contributed by atoms with Crippen LogP contribution in [0, 0.1) is 0 Å². The first-order valence-electron chi connectivity index (χ1n) is 9.70. The molecule has 0 saturated carbocycles. The van der Waals surface area contributed by atoms with Gasteiger partial charge >= 0.3 is 6.09 Å². The molecule has 1 aliphatic rings. The Morgan fingerprint density at radius 1 is 1.18 bits per heavy atom. The number of pyridine rings is 1. The number of hydrogen-bond donors (Lipinski definition) is 1. The van der Waals surface area contributed by atoms with Gasteiger partial charge < -0.3 is 24.8 Å². The van der Waals surface area contributed by atoms with E-state index in [1.54, 1.807) is 11.9 Å². The van der Waals surface area contributed by atoms with E-state index in [2.05, 4.69) is 51.1 Å². The number of guanidine groups is 1. The molecule has 158 valence electrons. The molecule has 0 atom stereocenters. The standard InChI is InChI=1S/C19H32N6O2.HI/c1-5-23(6-2)17-9-8-16(14-21-17)15-22-18(20-4)24-10-12-25(13-11-24)19(26)27-7-3;/h8-9,14H,5-7,10-13,15H2,1-4H3,(H,20,22);1H. The highest BCUT2D eigenvalue weighted by atomic mass is 127. The van der Waals surface area contributed by atoms with Crippen molar-refractivity contribution in [3.8, 4) is 0 Å². The Kier molecular flexibility index (Phi) is 10.9. The number of nitrogens with zero attached hydrogens (tertiary/aromatic N) is 5. The lowest BCUT2D eigenvalue weighted by Crippen LogP contribution is -2.53. The van der Waals surface area contributed by atoms with Crippen molar-refractivity contribution in [3.63, 3.8) is 0 Å². The van der Waals surface area contributed by atoms with Crippen LogP contribution in [0.5, 0.6) is 0 Å². The Balaban J connectivity index is 0.00000392. The number of carbonyl (C=O) groups excluding carboxylic acids is 1. The first kappa shape index (κ1) is 24.3. The maximum absolute atomic E-state index is 11.8. The molecule has 0 aromatic carbocycles. The zero-order chi connectivity index (χ0) is 19.6. The smallest absolute Gasteiger partial charge is 0.409 e. The summed E-state index contributed by atoms with van der Waals surface area (Å²) in [6.45, 7) is 11.8. The lowest BCUT2D eigenvalue weighted by molar-refractivity contribution is 0.0914. The van der Waals surface area contributed by atoms with E-state index >= 15 is 0 Å². The fourth-order valence-electron chi connectivity index (χ4n) is 3.08. The second-order valence-electron chi connectivity index (χ2n) is 6.27. The molecule has 0 bridgehead atoms. The molecule has 0 radical (unpaired) electrons. The molecule has 0 aliphatic carbocycles.